The molecule has 0 aliphatic rings. The number of aliphatic hydroxyl groups excluding tert-OH is 1. The van der Waals surface area contributed by atoms with E-state index in [1.54, 1.807) is 0 Å². The lowest BCUT2D eigenvalue weighted by Gasteiger charge is -2.29. The van der Waals surface area contributed by atoms with Crippen molar-refractivity contribution in [3.8, 4) is 0 Å². The topological polar surface area (TPSA) is 32.3 Å². The summed E-state index contributed by atoms with van der Waals surface area (Å²) in [5, 5.41) is 13.6. The van der Waals surface area contributed by atoms with Gasteiger partial charge in [-0.15, -0.1) is 0 Å². The van der Waals surface area contributed by atoms with Crippen LogP contribution in [0.1, 0.15) is 44.9 Å². The van der Waals surface area contributed by atoms with Crippen LogP contribution in [0.3, 0.4) is 0 Å². The van der Waals surface area contributed by atoms with Crippen molar-refractivity contribution in [2.75, 3.05) is 6.54 Å². The maximum absolute atomic E-state index is 10.2. The van der Waals surface area contributed by atoms with Crippen LogP contribution in [0.15, 0.2) is 24.3 Å². The van der Waals surface area contributed by atoms with Crippen LogP contribution in [0.4, 0.5) is 0 Å². The van der Waals surface area contributed by atoms with Gasteiger partial charge in [0.1, 0.15) is 0 Å². The van der Waals surface area contributed by atoms with Gasteiger partial charge in [-0.05, 0) is 30.4 Å². The van der Waals surface area contributed by atoms with E-state index >= 15 is 0 Å². The molecule has 0 aliphatic carbocycles. The van der Waals surface area contributed by atoms with Crippen molar-refractivity contribution in [2.24, 2.45) is 5.41 Å². The highest BCUT2D eigenvalue weighted by Crippen LogP contribution is 2.20. The molecule has 2 atom stereocenters. The van der Waals surface area contributed by atoms with E-state index in [4.69, 9.17) is 0 Å². The first-order chi connectivity index (χ1) is 7.82. The SMILES string of the molecule is Cc1ccccc1C(O)CNC(C)C(C)(C)C. The number of rotatable bonds is 4. The number of benzene rings is 1. The molecule has 0 aliphatic heterocycles. The van der Waals surface area contributed by atoms with Crippen LogP contribution >= 0.6 is 0 Å². The van der Waals surface area contributed by atoms with Crippen LogP contribution in [0, 0.1) is 12.3 Å². The number of aliphatic hydroxyl groups is 1. The van der Waals surface area contributed by atoms with Gasteiger partial charge in [0.15, 0.2) is 0 Å². The predicted molar refractivity (Wildman–Crippen MR) is 73.1 cm³/mol. The lowest BCUT2D eigenvalue weighted by molar-refractivity contribution is 0.157. The highest BCUT2D eigenvalue weighted by molar-refractivity contribution is 5.27. The summed E-state index contributed by atoms with van der Waals surface area (Å²) in [6, 6.07) is 8.37. The summed E-state index contributed by atoms with van der Waals surface area (Å²) >= 11 is 0. The first-order valence-corrected chi connectivity index (χ1v) is 6.29. The molecule has 17 heavy (non-hydrogen) atoms. The average Bonchev–Trinajstić information content (AvgIpc) is 2.24. The van der Waals surface area contributed by atoms with Crippen LogP contribution in [-0.4, -0.2) is 17.7 Å². The van der Waals surface area contributed by atoms with Gasteiger partial charge in [0, 0.05) is 12.6 Å². The monoisotopic (exact) mass is 235 g/mol. The second-order valence-electron chi connectivity index (χ2n) is 5.87. The average molecular weight is 235 g/mol. The van der Waals surface area contributed by atoms with Gasteiger partial charge in [0.25, 0.3) is 0 Å². The largest absolute Gasteiger partial charge is 0.387 e. The maximum Gasteiger partial charge on any atom is 0.0917 e. The van der Waals surface area contributed by atoms with Crippen molar-refractivity contribution >= 4 is 0 Å². The van der Waals surface area contributed by atoms with E-state index in [1.807, 2.05) is 31.2 Å². The Bertz CT molecular complexity index is 354. The molecular weight excluding hydrogens is 210 g/mol. The third-order valence-corrected chi connectivity index (χ3v) is 3.46. The Morgan fingerprint density at radius 3 is 2.35 bits per heavy atom. The zero-order valence-corrected chi connectivity index (χ0v) is 11.6. The molecule has 0 radical (unpaired) electrons. The molecule has 0 saturated heterocycles. The fourth-order valence-corrected chi connectivity index (χ4v) is 1.67. The Kier molecular flexibility index (Phi) is 4.72. The van der Waals surface area contributed by atoms with E-state index in [0.717, 1.165) is 11.1 Å². The molecule has 2 heteroatoms. The molecule has 96 valence electrons. The van der Waals surface area contributed by atoms with E-state index in [2.05, 4.69) is 33.0 Å². The summed E-state index contributed by atoms with van der Waals surface area (Å²) < 4.78 is 0. The van der Waals surface area contributed by atoms with Crippen molar-refractivity contribution in [1.82, 2.24) is 5.32 Å². The van der Waals surface area contributed by atoms with Crippen molar-refractivity contribution in [2.45, 2.75) is 46.8 Å². The molecule has 1 aromatic carbocycles. The van der Waals surface area contributed by atoms with Gasteiger partial charge >= 0.3 is 0 Å². The normalized spacial score (nSPS) is 15.6. The van der Waals surface area contributed by atoms with Gasteiger partial charge in [-0.2, -0.15) is 0 Å². The molecule has 1 rings (SSSR count). The Labute approximate surface area is 105 Å². The van der Waals surface area contributed by atoms with E-state index in [0.29, 0.717) is 12.6 Å². The van der Waals surface area contributed by atoms with E-state index in [1.165, 1.54) is 0 Å². The number of hydrogen-bond acceptors (Lipinski definition) is 2. The highest BCUT2D eigenvalue weighted by atomic mass is 16.3. The number of aryl methyl sites for hydroxylation is 1. The Balaban J connectivity index is 2.57. The van der Waals surface area contributed by atoms with Crippen LogP contribution in [0.25, 0.3) is 0 Å². The van der Waals surface area contributed by atoms with Crippen LogP contribution in [0.2, 0.25) is 0 Å². The van der Waals surface area contributed by atoms with Crippen molar-refractivity contribution in [1.29, 1.82) is 0 Å². The van der Waals surface area contributed by atoms with Crippen LogP contribution in [0.5, 0.6) is 0 Å². The quantitative estimate of drug-likeness (QED) is 0.840. The second kappa shape index (κ2) is 5.65. The Hall–Kier alpha value is -0.860. The highest BCUT2D eigenvalue weighted by Gasteiger charge is 2.20. The van der Waals surface area contributed by atoms with Gasteiger partial charge in [-0.1, -0.05) is 45.0 Å². The maximum atomic E-state index is 10.2. The first-order valence-electron chi connectivity index (χ1n) is 6.29. The number of hydrogen-bond donors (Lipinski definition) is 2. The van der Waals surface area contributed by atoms with Crippen LogP contribution in [-0.2, 0) is 0 Å². The summed E-state index contributed by atoms with van der Waals surface area (Å²) in [5.74, 6) is 0. The predicted octanol–water partition coefficient (Wildman–Crippen LogP) is 3.05. The third-order valence-electron chi connectivity index (χ3n) is 3.46. The molecule has 2 N–H and O–H groups in total. The molecule has 0 bridgehead atoms. The minimum atomic E-state index is -0.430. The van der Waals surface area contributed by atoms with Crippen molar-refractivity contribution < 1.29 is 5.11 Å². The van der Waals surface area contributed by atoms with E-state index < -0.39 is 6.10 Å². The molecule has 0 amide bonds. The zero-order chi connectivity index (χ0) is 13.1. The third kappa shape index (κ3) is 4.14. The lowest BCUT2D eigenvalue weighted by Crippen LogP contribution is -2.39. The van der Waals surface area contributed by atoms with Gasteiger partial charge in [0.2, 0.25) is 0 Å². The molecule has 2 nitrogen and oxygen atoms in total. The van der Waals surface area contributed by atoms with E-state index in [9.17, 15) is 5.11 Å². The lowest BCUT2D eigenvalue weighted by atomic mass is 9.88. The summed E-state index contributed by atoms with van der Waals surface area (Å²) in [7, 11) is 0. The van der Waals surface area contributed by atoms with Gasteiger partial charge < -0.3 is 10.4 Å². The molecule has 1 aromatic rings. The summed E-state index contributed by atoms with van der Waals surface area (Å²) in [4.78, 5) is 0. The Morgan fingerprint density at radius 2 is 1.82 bits per heavy atom. The minimum Gasteiger partial charge on any atom is -0.387 e. The first kappa shape index (κ1) is 14.2. The van der Waals surface area contributed by atoms with Gasteiger partial charge in [-0.3, -0.25) is 0 Å². The van der Waals surface area contributed by atoms with Crippen molar-refractivity contribution in [3.63, 3.8) is 0 Å². The molecule has 0 saturated carbocycles. The van der Waals surface area contributed by atoms with Crippen molar-refractivity contribution in [3.05, 3.63) is 35.4 Å². The molecular formula is C15H25NO. The smallest absolute Gasteiger partial charge is 0.0917 e. The summed E-state index contributed by atoms with van der Waals surface area (Å²) in [5.41, 5.74) is 2.37. The second-order valence-corrected chi connectivity index (χ2v) is 5.87. The molecule has 0 fully saturated rings. The summed E-state index contributed by atoms with van der Waals surface area (Å²) in [6.45, 7) is 11.4. The van der Waals surface area contributed by atoms with Gasteiger partial charge in [-0.25, -0.2) is 0 Å². The van der Waals surface area contributed by atoms with Crippen LogP contribution < -0.4 is 5.32 Å². The fraction of sp³-hybridized carbons (Fsp3) is 0.600. The van der Waals surface area contributed by atoms with E-state index in [-0.39, 0.29) is 5.41 Å². The van der Waals surface area contributed by atoms with Gasteiger partial charge in [0.05, 0.1) is 6.10 Å². The molecule has 0 spiro atoms. The molecule has 0 aromatic heterocycles. The molecule has 0 heterocycles. The fourth-order valence-electron chi connectivity index (χ4n) is 1.67. The molecule has 2 unspecified atom stereocenters. The minimum absolute atomic E-state index is 0.214. The summed E-state index contributed by atoms with van der Waals surface area (Å²) in [6.07, 6.45) is -0.430. The standard InChI is InChI=1S/C15H25NO/c1-11-8-6-7-9-13(11)14(17)10-16-12(2)15(3,4)5/h6-9,12,14,16-17H,10H2,1-5H3. The number of nitrogens with one attached hydrogen (secondary N) is 1. The Morgan fingerprint density at radius 1 is 1.24 bits per heavy atom. The zero-order valence-electron chi connectivity index (χ0n) is 11.6.